The first-order chi connectivity index (χ1) is 18.5. The smallest absolute Gasteiger partial charge is 0.150 e. The van der Waals surface area contributed by atoms with Gasteiger partial charge in [-0.1, -0.05) is 168 Å². The van der Waals surface area contributed by atoms with E-state index in [1.54, 1.807) is 0 Å². The zero-order valence-electron chi connectivity index (χ0n) is 26.1. The van der Waals surface area contributed by atoms with Crippen molar-refractivity contribution in [2.45, 2.75) is 201 Å². The maximum atomic E-state index is 12.6. The van der Waals surface area contributed by atoms with Crippen LogP contribution < -0.4 is 0 Å². The van der Waals surface area contributed by atoms with Gasteiger partial charge in [-0.05, 0) is 19.8 Å². The van der Waals surface area contributed by atoms with Crippen molar-refractivity contribution in [2.24, 2.45) is 5.92 Å². The van der Waals surface area contributed by atoms with Crippen molar-refractivity contribution in [2.75, 3.05) is 0 Å². The third-order valence-corrected chi connectivity index (χ3v) is 8.10. The largest absolute Gasteiger partial charge is 0.299 e. The molecule has 0 aliphatic rings. The van der Waals surface area contributed by atoms with Crippen molar-refractivity contribution < 1.29 is 14.4 Å². The van der Waals surface area contributed by atoms with Crippen LogP contribution in [0.15, 0.2) is 0 Å². The quantitative estimate of drug-likeness (QED) is 0.0656. The Kier molecular flexibility index (Phi) is 28.2. The molecule has 0 aromatic carbocycles. The minimum atomic E-state index is -0.996. The molecule has 0 N–H and O–H groups in total. The summed E-state index contributed by atoms with van der Waals surface area (Å²) >= 11 is 0. The molecule has 0 unspecified atom stereocenters. The van der Waals surface area contributed by atoms with Crippen molar-refractivity contribution >= 4 is 17.3 Å². The van der Waals surface area contributed by atoms with Crippen molar-refractivity contribution in [1.29, 1.82) is 0 Å². The molecule has 0 fully saturated rings. The SMILES string of the molecule is CCCCCCCCCCCCCCCC(=O)C(C(C)=O)C(=O)CCCCCCCCCCCCCCC. The van der Waals surface area contributed by atoms with E-state index >= 15 is 0 Å². The molecule has 0 rings (SSSR count). The number of unbranched alkanes of at least 4 members (excludes halogenated alkanes) is 24. The van der Waals surface area contributed by atoms with Crippen LogP contribution in [0.2, 0.25) is 0 Å². The topological polar surface area (TPSA) is 51.2 Å². The molecule has 3 heteroatoms. The van der Waals surface area contributed by atoms with Gasteiger partial charge in [0.05, 0.1) is 0 Å². The van der Waals surface area contributed by atoms with Gasteiger partial charge in [0.2, 0.25) is 0 Å². The second-order valence-corrected chi connectivity index (χ2v) is 12.0. The summed E-state index contributed by atoms with van der Waals surface area (Å²) < 4.78 is 0. The molecule has 0 heterocycles. The Morgan fingerprint density at radius 1 is 0.368 bits per heavy atom. The molecule has 0 aliphatic heterocycles. The second-order valence-electron chi connectivity index (χ2n) is 12.0. The fraction of sp³-hybridized carbons (Fsp3) is 0.914. The fourth-order valence-corrected chi connectivity index (χ4v) is 5.56. The van der Waals surface area contributed by atoms with Crippen LogP contribution in [-0.2, 0) is 14.4 Å². The molecule has 0 spiro atoms. The first-order valence-electron chi connectivity index (χ1n) is 17.1. The Hall–Kier alpha value is -0.990. The number of Topliss-reactive ketones (excluding diaryl/α,β-unsaturated/α-hetero) is 3. The van der Waals surface area contributed by atoms with Crippen LogP contribution in [0.1, 0.15) is 201 Å². The summed E-state index contributed by atoms with van der Waals surface area (Å²) in [5.74, 6) is -1.53. The molecule has 3 nitrogen and oxygen atoms in total. The molecule has 0 atom stereocenters. The van der Waals surface area contributed by atoms with E-state index in [1.807, 2.05) is 0 Å². The number of carbonyl (C=O) groups is 3. The van der Waals surface area contributed by atoms with Gasteiger partial charge in [0, 0.05) is 12.8 Å². The van der Waals surface area contributed by atoms with E-state index in [9.17, 15) is 14.4 Å². The highest BCUT2D eigenvalue weighted by molar-refractivity contribution is 6.18. The number of carbonyl (C=O) groups excluding carboxylic acids is 3. The van der Waals surface area contributed by atoms with Crippen LogP contribution in [0.3, 0.4) is 0 Å². The highest BCUT2D eigenvalue weighted by Gasteiger charge is 2.29. The lowest BCUT2D eigenvalue weighted by atomic mass is 9.89. The predicted octanol–water partition coefficient (Wildman–Crippen LogP) is 11.3. The van der Waals surface area contributed by atoms with Gasteiger partial charge in [-0.25, -0.2) is 0 Å². The van der Waals surface area contributed by atoms with Crippen LogP contribution in [-0.4, -0.2) is 17.3 Å². The number of rotatable bonds is 31. The molecule has 0 saturated carbocycles. The third kappa shape index (κ3) is 24.1. The summed E-state index contributed by atoms with van der Waals surface area (Å²) in [6.45, 7) is 5.94. The summed E-state index contributed by atoms with van der Waals surface area (Å²) in [7, 11) is 0. The summed E-state index contributed by atoms with van der Waals surface area (Å²) in [5.41, 5.74) is 0. The average Bonchev–Trinajstić information content (AvgIpc) is 2.89. The number of ketones is 3. The van der Waals surface area contributed by atoms with Gasteiger partial charge in [0.15, 0.2) is 11.6 Å². The molecule has 0 radical (unpaired) electrons. The van der Waals surface area contributed by atoms with Gasteiger partial charge in [0.1, 0.15) is 11.7 Å². The fourth-order valence-electron chi connectivity index (χ4n) is 5.56. The van der Waals surface area contributed by atoms with Crippen molar-refractivity contribution in [1.82, 2.24) is 0 Å². The normalized spacial score (nSPS) is 11.4. The molecule has 0 amide bonds. The molecule has 0 saturated heterocycles. The second kappa shape index (κ2) is 29.0. The lowest BCUT2D eigenvalue weighted by molar-refractivity contribution is -0.139. The summed E-state index contributed by atoms with van der Waals surface area (Å²) in [6.07, 6.45) is 33.6. The van der Waals surface area contributed by atoms with Crippen molar-refractivity contribution in [3.05, 3.63) is 0 Å². The van der Waals surface area contributed by atoms with Gasteiger partial charge < -0.3 is 0 Å². The Morgan fingerprint density at radius 2 is 0.579 bits per heavy atom. The highest BCUT2D eigenvalue weighted by Crippen LogP contribution is 2.17. The third-order valence-electron chi connectivity index (χ3n) is 8.10. The molecule has 224 valence electrons. The van der Waals surface area contributed by atoms with Crippen LogP contribution in [0.4, 0.5) is 0 Å². The molecule has 38 heavy (non-hydrogen) atoms. The first kappa shape index (κ1) is 37.0. The van der Waals surface area contributed by atoms with E-state index in [2.05, 4.69) is 13.8 Å². The van der Waals surface area contributed by atoms with Gasteiger partial charge >= 0.3 is 0 Å². The zero-order chi connectivity index (χ0) is 28.1. The lowest BCUT2D eigenvalue weighted by Gasteiger charge is -2.12. The molecular weight excluding hydrogens is 468 g/mol. The zero-order valence-corrected chi connectivity index (χ0v) is 26.1. The summed E-state index contributed by atoms with van der Waals surface area (Å²) in [4.78, 5) is 37.3. The van der Waals surface area contributed by atoms with Crippen molar-refractivity contribution in [3.63, 3.8) is 0 Å². The summed E-state index contributed by atoms with van der Waals surface area (Å²) in [5, 5.41) is 0. The van der Waals surface area contributed by atoms with E-state index in [-0.39, 0.29) is 17.3 Å². The van der Waals surface area contributed by atoms with E-state index in [0.29, 0.717) is 12.8 Å². The van der Waals surface area contributed by atoms with E-state index in [0.717, 1.165) is 38.5 Å². The van der Waals surface area contributed by atoms with Crippen LogP contribution in [0, 0.1) is 5.92 Å². The minimum Gasteiger partial charge on any atom is -0.299 e. The molecule has 0 aromatic heterocycles. The molecule has 0 aromatic rings. The lowest BCUT2D eigenvalue weighted by Crippen LogP contribution is -2.30. The van der Waals surface area contributed by atoms with Crippen LogP contribution in [0.5, 0.6) is 0 Å². The minimum absolute atomic E-state index is 0.139. The predicted molar refractivity (Wildman–Crippen MR) is 165 cm³/mol. The monoisotopic (exact) mass is 535 g/mol. The van der Waals surface area contributed by atoms with E-state index in [4.69, 9.17) is 0 Å². The van der Waals surface area contributed by atoms with Crippen LogP contribution >= 0.6 is 0 Å². The van der Waals surface area contributed by atoms with Crippen molar-refractivity contribution in [3.8, 4) is 0 Å². The standard InChI is InChI=1S/C35H66O3/c1-4-6-8-10-12-14-16-18-20-22-24-26-28-30-33(37)35(32(3)36)34(38)31-29-27-25-23-21-19-17-15-13-11-9-7-5-2/h35H,4-31H2,1-3H3. The summed E-state index contributed by atoms with van der Waals surface area (Å²) in [6, 6.07) is 0. The van der Waals surface area contributed by atoms with Gasteiger partial charge in [0.25, 0.3) is 0 Å². The number of hydrogen-bond acceptors (Lipinski definition) is 3. The Bertz CT molecular complexity index is 511. The van der Waals surface area contributed by atoms with E-state index in [1.165, 1.54) is 135 Å². The Morgan fingerprint density at radius 3 is 0.789 bits per heavy atom. The number of hydrogen-bond donors (Lipinski definition) is 0. The first-order valence-corrected chi connectivity index (χ1v) is 17.1. The maximum absolute atomic E-state index is 12.6. The molecular formula is C35H66O3. The van der Waals surface area contributed by atoms with E-state index < -0.39 is 5.92 Å². The molecule has 0 bridgehead atoms. The Balaban J connectivity index is 3.72. The molecule has 0 aliphatic carbocycles. The van der Waals surface area contributed by atoms with Crippen LogP contribution in [0.25, 0.3) is 0 Å². The average molecular weight is 535 g/mol. The van der Waals surface area contributed by atoms with Gasteiger partial charge in [-0.2, -0.15) is 0 Å². The van der Waals surface area contributed by atoms with Gasteiger partial charge in [-0.3, -0.25) is 14.4 Å². The Labute approximate surface area is 238 Å². The highest BCUT2D eigenvalue weighted by atomic mass is 16.2. The van der Waals surface area contributed by atoms with Gasteiger partial charge in [-0.15, -0.1) is 0 Å². The maximum Gasteiger partial charge on any atom is 0.150 e.